The van der Waals surface area contributed by atoms with E-state index in [9.17, 15) is 0 Å². The summed E-state index contributed by atoms with van der Waals surface area (Å²) in [6.45, 7) is 3.77. The van der Waals surface area contributed by atoms with Crippen molar-refractivity contribution in [3.63, 3.8) is 0 Å². The van der Waals surface area contributed by atoms with Gasteiger partial charge in [0.25, 0.3) is 0 Å². The van der Waals surface area contributed by atoms with Gasteiger partial charge < -0.3 is 5.32 Å². The lowest BCUT2D eigenvalue weighted by molar-refractivity contribution is 0.0551. The van der Waals surface area contributed by atoms with E-state index >= 15 is 0 Å². The predicted octanol–water partition coefficient (Wildman–Crippen LogP) is 4.24. The number of anilines is 1. The zero-order valence-electron chi connectivity index (χ0n) is 13.1. The number of hydrogen-bond acceptors (Lipinski definition) is 2. The normalized spacial score (nSPS) is 32.9. The van der Waals surface area contributed by atoms with Crippen LogP contribution in [0.3, 0.4) is 0 Å². The van der Waals surface area contributed by atoms with Crippen molar-refractivity contribution in [2.75, 3.05) is 25.0 Å². The van der Waals surface area contributed by atoms with Gasteiger partial charge in [-0.15, -0.1) is 0 Å². The van der Waals surface area contributed by atoms with Crippen LogP contribution in [0.15, 0.2) is 24.3 Å². The molecule has 1 saturated carbocycles. The molecule has 2 nitrogen and oxygen atoms in total. The highest BCUT2D eigenvalue weighted by molar-refractivity contribution is 5.54. The lowest BCUT2D eigenvalue weighted by atomic mass is 9.77. The molecule has 0 bridgehead atoms. The van der Waals surface area contributed by atoms with Gasteiger partial charge in [0.05, 0.1) is 0 Å². The van der Waals surface area contributed by atoms with Crippen LogP contribution in [-0.2, 0) is 0 Å². The second-order valence-corrected chi connectivity index (χ2v) is 7.25. The maximum absolute atomic E-state index is 3.57. The minimum Gasteiger partial charge on any atom is -0.385 e. The Bertz CT molecular complexity index is 482. The van der Waals surface area contributed by atoms with Gasteiger partial charge in [-0.25, -0.2) is 0 Å². The molecule has 4 rings (SSSR count). The van der Waals surface area contributed by atoms with E-state index in [-0.39, 0.29) is 0 Å². The quantitative estimate of drug-likeness (QED) is 0.874. The number of fused-ring (bicyclic) bond motifs is 2. The number of nitrogens with one attached hydrogen (secondary N) is 1. The van der Waals surface area contributed by atoms with Crippen LogP contribution in [0.25, 0.3) is 0 Å². The minimum absolute atomic E-state index is 0.739. The fourth-order valence-electron chi connectivity index (χ4n) is 4.98. The number of piperidine rings is 1. The molecule has 3 aliphatic rings. The first-order valence-corrected chi connectivity index (χ1v) is 8.98. The lowest BCUT2D eigenvalue weighted by Crippen LogP contribution is -2.48. The maximum atomic E-state index is 3.57. The third kappa shape index (κ3) is 2.70. The Morgan fingerprint density at radius 2 is 1.86 bits per heavy atom. The molecule has 21 heavy (non-hydrogen) atoms. The van der Waals surface area contributed by atoms with E-state index in [1.54, 1.807) is 5.56 Å². The van der Waals surface area contributed by atoms with Crippen LogP contribution in [-0.4, -0.2) is 30.6 Å². The number of nitrogens with zero attached hydrogens (tertiary/aromatic N) is 1. The van der Waals surface area contributed by atoms with Crippen molar-refractivity contribution in [1.29, 1.82) is 0 Å². The highest BCUT2D eigenvalue weighted by atomic mass is 15.2. The number of para-hydroxylation sites is 1. The van der Waals surface area contributed by atoms with Crippen molar-refractivity contribution in [2.45, 2.75) is 56.9 Å². The highest BCUT2D eigenvalue weighted by Gasteiger charge is 2.34. The number of hydrogen-bond donors (Lipinski definition) is 1. The van der Waals surface area contributed by atoms with Crippen molar-refractivity contribution >= 4 is 5.69 Å². The molecule has 0 aromatic heterocycles. The molecule has 2 aliphatic heterocycles. The molecule has 1 saturated heterocycles. The summed E-state index contributed by atoms with van der Waals surface area (Å²) in [5, 5.41) is 3.57. The topological polar surface area (TPSA) is 15.3 Å². The van der Waals surface area contributed by atoms with Gasteiger partial charge in [-0.3, -0.25) is 4.90 Å². The van der Waals surface area contributed by atoms with Crippen LogP contribution in [0, 0.1) is 5.92 Å². The third-order valence-electron chi connectivity index (χ3n) is 6.02. The Morgan fingerprint density at radius 3 is 2.86 bits per heavy atom. The van der Waals surface area contributed by atoms with Gasteiger partial charge in [0.2, 0.25) is 0 Å². The summed E-state index contributed by atoms with van der Waals surface area (Å²) in [4.78, 5) is 2.86. The second-order valence-electron chi connectivity index (χ2n) is 7.25. The fraction of sp³-hybridized carbons (Fsp3) is 0.684. The lowest BCUT2D eigenvalue weighted by Gasteiger charge is -2.46. The molecule has 0 spiro atoms. The Labute approximate surface area is 128 Å². The van der Waals surface area contributed by atoms with E-state index in [1.165, 1.54) is 63.7 Å². The molecule has 2 fully saturated rings. The molecule has 1 aliphatic carbocycles. The smallest absolute Gasteiger partial charge is 0.0376 e. The first-order valence-electron chi connectivity index (χ1n) is 8.98. The number of benzene rings is 1. The van der Waals surface area contributed by atoms with Crippen LogP contribution in [0.4, 0.5) is 5.69 Å². The zero-order chi connectivity index (χ0) is 14.1. The minimum atomic E-state index is 0.739. The van der Waals surface area contributed by atoms with Crippen molar-refractivity contribution in [2.24, 2.45) is 5.92 Å². The van der Waals surface area contributed by atoms with Crippen LogP contribution in [0.5, 0.6) is 0 Å². The molecule has 0 radical (unpaired) electrons. The molecule has 3 atom stereocenters. The van der Waals surface area contributed by atoms with Crippen molar-refractivity contribution in [3.8, 4) is 0 Å². The Hall–Kier alpha value is -1.02. The zero-order valence-corrected chi connectivity index (χ0v) is 13.1. The van der Waals surface area contributed by atoms with Gasteiger partial charge in [0, 0.05) is 30.7 Å². The number of rotatable bonds is 2. The Balaban J connectivity index is 1.50. The van der Waals surface area contributed by atoms with E-state index in [0.29, 0.717) is 0 Å². The first-order chi connectivity index (χ1) is 10.4. The van der Waals surface area contributed by atoms with Crippen LogP contribution >= 0.6 is 0 Å². The second kappa shape index (κ2) is 6.00. The van der Waals surface area contributed by atoms with Crippen LogP contribution in [0.2, 0.25) is 0 Å². The van der Waals surface area contributed by atoms with Crippen molar-refractivity contribution in [3.05, 3.63) is 29.8 Å². The average Bonchev–Trinajstić information content (AvgIpc) is 2.56. The Kier molecular flexibility index (Phi) is 3.89. The largest absolute Gasteiger partial charge is 0.385 e. The first kappa shape index (κ1) is 13.6. The molecule has 1 unspecified atom stereocenters. The van der Waals surface area contributed by atoms with Gasteiger partial charge in [-0.1, -0.05) is 31.0 Å². The van der Waals surface area contributed by atoms with Crippen molar-refractivity contribution in [1.82, 2.24) is 4.90 Å². The maximum Gasteiger partial charge on any atom is 0.0376 e. The van der Waals surface area contributed by atoms with Crippen molar-refractivity contribution < 1.29 is 0 Å². The molecule has 2 heteroatoms. The molecule has 0 amide bonds. The van der Waals surface area contributed by atoms with Gasteiger partial charge in [0.1, 0.15) is 0 Å². The molecule has 2 heterocycles. The summed E-state index contributed by atoms with van der Waals surface area (Å²) in [5.41, 5.74) is 2.94. The molecular weight excluding hydrogens is 256 g/mol. The molecule has 1 N–H and O–H groups in total. The summed E-state index contributed by atoms with van der Waals surface area (Å²) in [5.74, 6) is 1.74. The summed E-state index contributed by atoms with van der Waals surface area (Å²) < 4.78 is 0. The van der Waals surface area contributed by atoms with E-state index < -0.39 is 0 Å². The van der Waals surface area contributed by atoms with Gasteiger partial charge in [-0.05, 0) is 56.2 Å². The Morgan fingerprint density at radius 1 is 1.00 bits per heavy atom. The molecular formula is C19H28N2. The fourth-order valence-corrected chi connectivity index (χ4v) is 4.98. The van der Waals surface area contributed by atoms with E-state index in [2.05, 4.69) is 34.5 Å². The standard InChI is InChI=1S/C19H28N2/c1-4-10-19-15(6-1)7-5-13-21(19)14-16-11-12-20-18-9-3-2-8-17(16)18/h2-3,8-9,15-16,19-20H,1,4-7,10-14H2/t15-,16?,19-/m1/s1. The van der Waals surface area contributed by atoms with Crippen LogP contribution < -0.4 is 5.32 Å². The summed E-state index contributed by atoms with van der Waals surface area (Å²) in [6, 6.07) is 9.86. The molecule has 1 aromatic carbocycles. The molecule has 114 valence electrons. The van der Waals surface area contributed by atoms with E-state index in [4.69, 9.17) is 0 Å². The van der Waals surface area contributed by atoms with Crippen LogP contribution in [0.1, 0.15) is 56.4 Å². The van der Waals surface area contributed by atoms with Gasteiger partial charge in [0.15, 0.2) is 0 Å². The van der Waals surface area contributed by atoms with E-state index in [1.807, 2.05) is 0 Å². The van der Waals surface area contributed by atoms with Gasteiger partial charge in [-0.2, -0.15) is 0 Å². The average molecular weight is 284 g/mol. The van der Waals surface area contributed by atoms with Gasteiger partial charge >= 0.3 is 0 Å². The third-order valence-corrected chi connectivity index (χ3v) is 6.02. The molecule has 1 aromatic rings. The monoisotopic (exact) mass is 284 g/mol. The summed E-state index contributed by atoms with van der Waals surface area (Å²) >= 11 is 0. The SMILES string of the molecule is c1ccc2c(c1)NCCC2CN1CCC[C@H]2CCCC[C@H]21. The summed E-state index contributed by atoms with van der Waals surface area (Å²) in [6.07, 6.45) is 10.1. The van der Waals surface area contributed by atoms with E-state index in [0.717, 1.165) is 24.4 Å². The number of likely N-dealkylation sites (tertiary alicyclic amines) is 1. The predicted molar refractivity (Wildman–Crippen MR) is 88.8 cm³/mol. The highest BCUT2D eigenvalue weighted by Crippen LogP contribution is 2.38. The summed E-state index contributed by atoms with van der Waals surface area (Å²) in [7, 11) is 0.